The van der Waals surface area contributed by atoms with Crippen molar-refractivity contribution in [3.05, 3.63) is 70.8 Å². The summed E-state index contributed by atoms with van der Waals surface area (Å²) in [4.78, 5) is 25.6. The Morgan fingerprint density at radius 2 is 1.46 bits per heavy atom. The van der Waals surface area contributed by atoms with E-state index < -0.39 is 6.29 Å². The van der Waals surface area contributed by atoms with Gasteiger partial charge in [-0.25, -0.2) is 5.48 Å². The predicted molar refractivity (Wildman–Crippen MR) is 152 cm³/mol. The Morgan fingerprint density at radius 1 is 0.829 bits per heavy atom. The number of amides is 2. The summed E-state index contributed by atoms with van der Waals surface area (Å²) in [6, 6.07) is 15.9. The van der Waals surface area contributed by atoms with Crippen molar-refractivity contribution < 1.29 is 34.1 Å². The van der Waals surface area contributed by atoms with Crippen LogP contribution in [0, 0.1) is 0 Å². The molecule has 4 rings (SSSR count). The molecule has 2 heterocycles. The molecule has 0 aromatic heterocycles. The van der Waals surface area contributed by atoms with Crippen LogP contribution in [0.3, 0.4) is 0 Å². The number of morpholine rings is 1. The van der Waals surface area contributed by atoms with Crippen LogP contribution in [0.5, 0.6) is 0 Å². The number of carbonyl (C=O) groups excluding carboxylic acids is 2. The number of hydrogen-bond donors (Lipinski definition) is 4. The minimum absolute atomic E-state index is 0.000154. The number of rotatable bonds is 14. The van der Waals surface area contributed by atoms with E-state index in [1.165, 1.54) is 0 Å². The Bertz CT molecular complexity index is 1070. The molecule has 0 radical (unpaired) electrons. The standard InChI is InChI=1S/C31H43N3O7/c35-22-24-9-11-25(12-10-24)28-19-27(21-34-15-17-39-18-16-34)40-31(41-28)26-13-7-23(8-14-26)20-32-29(36)5-3-1-2-4-6-30(37)33-38/h7-14,27-28,31,35,38H,1-6,15-22H2,(H,32,36)(H,33,37)/t27-,28+,31+/m1/s1. The highest BCUT2D eigenvalue weighted by molar-refractivity contribution is 5.75. The van der Waals surface area contributed by atoms with Gasteiger partial charge in [0.2, 0.25) is 11.8 Å². The zero-order valence-electron chi connectivity index (χ0n) is 23.6. The third-order valence-electron chi connectivity index (χ3n) is 7.60. The topological polar surface area (TPSA) is 130 Å². The molecule has 4 N–H and O–H groups in total. The summed E-state index contributed by atoms with van der Waals surface area (Å²) in [5.41, 5.74) is 5.49. The quantitative estimate of drug-likeness (QED) is 0.155. The van der Waals surface area contributed by atoms with Crippen LogP contribution in [-0.2, 0) is 37.0 Å². The molecule has 10 heteroatoms. The third kappa shape index (κ3) is 10.2. The Labute approximate surface area is 241 Å². The van der Waals surface area contributed by atoms with Crippen LogP contribution in [-0.4, -0.2) is 66.0 Å². The van der Waals surface area contributed by atoms with E-state index in [1.54, 1.807) is 5.48 Å². The van der Waals surface area contributed by atoms with Crippen molar-refractivity contribution in [2.45, 2.75) is 76.6 Å². The number of carbonyl (C=O) groups is 2. The largest absolute Gasteiger partial charge is 0.392 e. The highest BCUT2D eigenvalue weighted by Gasteiger charge is 2.33. The molecule has 10 nitrogen and oxygen atoms in total. The number of ether oxygens (including phenoxy) is 3. The summed E-state index contributed by atoms with van der Waals surface area (Å²) in [7, 11) is 0. The first-order chi connectivity index (χ1) is 20.0. The zero-order valence-corrected chi connectivity index (χ0v) is 23.6. The van der Waals surface area contributed by atoms with E-state index in [4.69, 9.17) is 19.4 Å². The van der Waals surface area contributed by atoms with Crippen molar-refractivity contribution in [3.8, 4) is 0 Å². The second kappa shape index (κ2) is 16.5. The molecule has 3 atom stereocenters. The summed E-state index contributed by atoms with van der Waals surface area (Å²) >= 11 is 0. The molecule has 0 bridgehead atoms. The summed E-state index contributed by atoms with van der Waals surface area (Å²) in [6.45, 7) is 4.54. The van der Waals surface area contributed by atoms with Crippen LogP contribution in [0.25, 0.3) is 0 Å². The maximum absolute atomic E-state index is 12.3. The van der Waals surface area contributed by atoms with Crippen LogP contribution in [0.2, 0.25) is 0 Å². The molecule has 0 saturated carbocycles. The monoisotopic (exact) mass is 569 g/mol. The van der Waals surface area contributed by atoms with Crippen LogP contribution in [0.1, 0.15) is 79.6 Å². The third-order valence-corrected chi connectivity index (χ3v) is 7.60. The van der Waals surface area contributed by atoms with Crippen LogP contribution in [0.4, 0.5) is 0 Å². The maximum Gasteiger partial charge on any atom is 0.243 e. The van der Waals surface area contributed by atoms with E-state index in [1.807, 2.05) is 48.5 Å². The molecule has 2 saturated heterocycles. The number of benzene rings is 2. The number of unbranched alkanes of at least 4 members (excludes halogenated alkanes) is 3. The molecular weight excluding hydrogens is 526 g/mol. The molecule has 2 amide bonds. The maximum atomic E-state index is 12.3. The van der Waals surface area contributed by atoms with Gasteiger partial charge >= 0.3 is 0 Å². The first-order valence-corrected chi connectivity index (χ1v) is 14.6. The lowest BCUT2D eigenvalue weighted by molar-refractivity contribution is -0.253. The van der Waals surface area contributed by atoms with E-state index in [-0.39, 0.29) is 30.6 Å². The lowest BCUT2D eigenvalue weighted by Crippen LogP contribution is -2.44. The molecule has 224 valence electrons. The van der Waals surface area contributed by atoms with E-state index in [2.05, 4.69) is 10.2 Å². The van der Waals surface area contributed by atoms with Gasteiger partial charge in [-0.1, -0.05) is 61.4 Å². The minimum Gasteiger partial charge on any atom is -0.392 e. The number of aliphatic hydroxyl groups is 1. The zero-order chi connectivity index (χ0) is 28.9. The fourth-order valence-electron chi connectivity index (χ4n) is 5.17. The van der Waals surface area contributed by atoms with Gasteiger partial charge in [-0.15, -0.1) is 0 Å². The lowest BCUT2D eigenvalue weighted by atomic mass is 9.99. The molecular formula is C31H43N3O7. The number of hydroxylamine groups is 1. The summed E-state index contributed by atoms with van der Waals surface area (Å²) in [5.74, 6) is -0.376. The predicted octanol–water partition coefficient (Wildman–Crippen LogP) is 3.52. The minimum atomic E-state index is -0.510. The normalized spacial score (nSPS) is 21.4. The van der Waals surface area contributed by atoms with Crippen LogP contribution < -0.4 is 10.8 Å². The van der Waals surface area contributed by atoms with E-state index >= 15 is 0 Å². The second-order valence-electron chi connectivity index (χ2n) is 10.7. The van der Waals surface area contributed by atoms with Gasteiger partial charge in [-0.3, -0.25) is 19.7 Å². The van der Waals surface area contributed by atoms with Crippen molar-refractivity contribution in [1.29, 1.82) is 0 Å². The highest BCUT2D eigenvalue weighted by Crippen LogP contribution is 2.38. The van der Waals surface area contributed by atoms with E-state index in [9.17, 15) is 14.7 Å². The summed E-state index contributed by atoms with van der Waals surface area (Å²) in [5, 5.41) is 20.9. The Kier molecular flexibility index (Phi) is 12.5. The van der Waals surface area contributed by atoms with Crippen molar-refractivity contribution in [1.82, 2.24) is 15.7 Å². The average Bonchev–Trinajstić information content (AvgIpc) is 3.02. The Balaban J connectivity index is 1.29. The van der Waals surface area contributed by atoms with Gasteiger partial charge in [0.25, 0.3) is 0 Å². The van der Waals surface area contributed by atoms with Gasteiger partial charge in [0.05, 0.1) is 32.0 Å². The molecule has 2 aliphatic rings. The highest BCUT2D eigenvalue weighted by atomic mass is 16.7. The van der Waals surface area contributed by atoms with Gasteiger partial charge < -0.3 is 24.6 Å². The van der Waals surface area contributed by atoms with Crippen molar-refractivity contribution in [2.24, 2.45) is 0 Å². The van der Waals surface area contributed by atoms with E-state index in [0.717, 1.165) is 80.8 Å². The van der Waals surface area contributed by atoms with Gasteiger partial charge in [0.1, 0.15) is 0 Å². The van der Waals surface area contributed by atoms with Gasteiger partial charge in [-0.2, -0.15) is 0 Å². The molecule has 2 fully saturated rings. The molecule has 2 aliphatic heterocycles. The lowest BCUT2D eigenvalue weighted by Gasteiger charge is -2.39. The second-order valence-corrected chi connectivity index (χ2v) is 10.7. The number of nitrogens with zero attached hydrogens (tertiary/aromatic N) is 1. The first-order valence-electron chi connectivity index (χ1n) is 14.6. The molecule has 0 spiro atoms. The molecule has 0 unspecified atom stereocenters. The van der Waals surface area contributed by atoms with Crippen molar-refractivity contribution >= 4 is 11.8 Å². The smallest absolute Gasteiger partial charge is 0.243 e. The average molecular weight is 570 g/mol. The molecule has 0 aliphatic carbocycles. The fraction of sp³-hybridized carbons (Fsp3) is 0.548. The Hall–Kier alpha value is -2.86. The summed E-state index contributed by atoms with van der Waals surface area (Å²) in [6.07, 6.45) is 4.01. The molecule has 41 heavy (non-hydrogen) atoms. The van der Waals surface area contributed by atoms with Gasteiger partial charge in [0, 0.05) is 51.0 Å². The first kappa shape index (κ1) is 31.1. The summed E-state index contributed by atoms with van der Waals surface area (Å²) < 4.78 is 18.4. The van der Waals surface area contributed by atoms with Crippen molar-refractivity contribution in [3.63, 3.8) is 0 Å². The number of nitrogens with one attached hydrogen (secondary N) is 2. The Morgan fingerprint density at radius 3 is 2.12 bits per heavy atom. The SMILES string of the molecule is O=C(CCCCCCC(=O)NCc1ccc([C@H]2O[C@@H](CN3CCOCC3)C[C@@H](c3ccc(CO)cc3)O2)cc1)NO. The number of hydrogen-bond acceptors (Lipinski definition) is 8. The van der Waals surface area contributed by atoms with Gasteiger partial charge in [0.15, 0.2) is 6.29 Å². The van der Waals surface area contributed by atoms with Crippen LogP contribution in [0.15, 0.2) is 48.5 Å². The number of aliphatic hydroxyl groups excluding tert-OH is 1. The van der Waals surface area contributed by atoms with Crippen LogP contribution >= 0.6 is 0 Å². The fourth-order valence-corrected chi connectivity index (χ4v) is 5.17. The van der Waals surface area contributed by atoms with Crippen molar-refractivity contribution in [2.75, 3.05) is 32.8 Å². The van der Waals surface area contributed by atoms with E-state index in [0.29, 0.717) is 25.8 Å². The molecule has 2 aromatic rings. The molecule has 2 aromatic carbocycles. The van der Waals surface area contributed by atoms with Gasteiger partial charge in [-0.05, 0) is 29.5 Å².